The lowest BCUT2D eigenvalue weighted by atomic mass is 9.87. The molecule has 1 amide bonds. The van der Waals surface area contributed by atoms with Crippen molar-refractivity contribution in [1.29, 1.82) is 0 Å². The summed E-state index contributed by atoms with van der Waals surface area (Å²) >= 11 is 0. The van der Waals surface area contributed by atoms with Crippen molar-refractivity contribution in [2.75, 3.05) is 19.6 Å². The van der Waals surface area contributed by atoms with E-state index in [2.05, 4.69) is 26.0 Å². The van der Waals surface area contributed by atoms with Gasteiger partial charge in [-0.15, -0.1) is 0 Å². The number of benzene rings is 1. The maximum atomic E-state index is 12.8. The highest BCUT2D eigenvalue weighted by Crippen LogP contribution is 2.33. The van der Waals surface area contributed by atoms with Crippen LogP contribution in [0.4, 0.5) is 0 Å². The average molecular weight is 371 g/mol. The third-order valence-electron chi connectivity index (χ3n) is 6.34. The molecule has 1 saturated carbocycles. The maximum absolute atomic E-state index is 12.8. The van der Waals surface area contributed by atoms with Gasteiger partial charge in [-0.2, -0.15) is 0 Å². The molecule has 0 bridgehead atoms. The van der Waals surface area contributed by atoms with E-state index in [1.165, 1.54) is 5.56 Å². The highest BCUT2D eigenvalue weighted by Gasteiger charge is 2.36. The molecule has 4 heteroatoms. The molecule has 2 N–H and O–H groups in total. The molecule has 1 aliphatic heterocycles. The second-order valence-corrected chi connectivity index (χ2v) is 8.79. The first-order chi connectivity index (χ1) is 13.0. The number of carbonyl (C=O) groups is 2. The lowest BCUT2D eigenvalue weighted by Gasteiger charge is -2.34. The topological polar surface area (TPSA) is 63.4 Å². The van der Waals surface area contributed by atoms with Crippen LogP contribution in [0.15, 0.2) is 24.3 Å². The molecule has 1 heterocycles. The molecular formula is C23H34N2O2. The molecule has 4 nitrogen and oxygen atoms in total. The van der Waals surface area contributed by atoms with Crippen molar-refractivity contribution in [3.8, 4) is 0 Å². The van der Waals surface area contributed by atoms with E-state index in [-0.39, 0.29) is 23.5 Å². The minimum absolute atomic E-state index is 0.0406. The Bertz CT molecular complexity index is 645. The number of hydrogen-bond donors (Lipinski definition) is 1. The molecule has 148 valence electrons. The van der Waals surface area contributed by atoms with Gasteiger partial charge in [0.05, 0.1) is 0 Å². The number of ketones is 1. The summed E-state index contributed by atoms with van der Waals surface area (Å²) in [6.45, 7) is 6.42. The van der Waals surface area contributed by atoms with E-state index in [4.69, 9.17) is 5.73 Å². The number of nitrogens with zero attached hydrogens (tertiary/aromatic N) is 1. The van der Waals surface area contributed by atoms with Crippen LogP contribution in [0.3, 0.4) is 0 Å². The van der Waals surface area contributed by atoms with Gasteiger partial charge in [-0.1, -0.05) is 44.5 Å². The fourth-order valence-electron chi connectivity index (χ4n) is 4.75. The number of piperidine rings is 1. The van der Waals surface area contributed by atoms with Crippen LogP contribution in [-0.4, -0.2) is 36.2 Å². The first kappa shape index (κ1) is 20.1. The van der Waals surface area contributed by atoms with Crippen molar-refractivity contribution >= 4 is 11.7 Å². The molecule has 0 radical (unpaired) electrons. The van der Waals surface area contributed by atoms with Crippen LogP contribution in [0.25, 0.3) is 0 Å². The summed E-state index contributed by atoms with van der Waals surface area (Å²) in [5.41, 5.74) is 7.94. The molecule has 3 rings (SSSR count). The van der Waals surface area contributed by atoms with E-state index >= 15 is 0 Å². The maximum Gasteiger partial charge on any atom is 0.226 e. The van der Waals surface area contributed by atoms with Crippen LogP contribution in [0, 0.1) is 23.7 Å². The fraction of sp³-hybridized carbons (Fsp3) is 0.652. The Morgan fingerprint density at radius 1 is 1.07 bits per heavy atom. The fourth-order valence-corrected chi connectivity index (χ4v) is 4.75. The third-order valence-corrected chi connectivity index (χ3v) is 6.34. The molecule has 1 aromatic rings. The summed E-state index contributed by atoms with van der Waals surface area (Å²) in [4.78, 5) is 27.7. The van der Waals surface area contributed by atoms with Gasteiger partial charge in [0.15, 0.2) is 5.78 Å². The Hall–Kier alpha value is -1.68. The molecule has 1 aromatic carbocycles. The second-order valence-electron chi connectivity index (χ2n) is 8.79. The Balaban J connectivity index is 1.54. The van der Waals surface area contributed by atoms with E-state index in [9.17, 15) is 9.59 Å². The minimum atomic E-state index is 0.0406. The van der Waals surface area contributed by atoms with E-state index in [0.29, 0.717) is 31.5 Å². The highest BCUT2D eigenvalue weighted by molar-refractivity contribution is 5.98. The number of hydrogen-bond acceptors (Lipinski definition) is 3. The molecule has 1 aliphatic carbocycles. The minimum Gasteiger partial charge on any atom is -0.342 e. The molecule has 0 unspecified atom stereocenters. The third kappa shape index (κ3) is 4.78. The molecular weight excluding hydrogens is 336 g/mol. The van der Waals surface area contributed by atoms with Crippen LogP contribution in [0.1, 0.15) is 61.9 Å². The van der Waals surface area contributed by atoms with Crippen LogP contribution in [-0.2, 0) is 11.2 Å². The van der Waals surface area contributed by atoms with Crippen LogP contribution in [0.5, 0.6) is 0 Å². The molecule has 0 spiro atoms. The Morgan fingerprint density at radius 3 is 2.33 bits per heavy atom. The lowest BCUT2D eigenvalue weighted by molar-refractivity contribution is -0.137. The molecule has 2 aliphatic rings. The van der Waals surface area contributed by atoms with Crippen molar-refractivity contribution in [2.24, 2.45) is 29.4 Å². The van der Waals surface area contributed by atoms with Gasteiger partial charge in [0, 0.05) is 30.5 Å². The van der Waals surface area contributed by atoms with Gasteiger partial charge in [-0.3, -0.25) is 9.59 Å². The standard InChI is InChI=1S/C23H34N2O2/c1-16(2)14-17-6-8-18(9-7-17)22(26)19-10-12-25(13-11-19)23(27)21-5-3-4-20(21)15-24/h6-9,16,19-21H,3-5,10-15,24H2,1-2H3/t20-,21-/m1/s1. The van der Waals surface area contributed by atoms with Crippen molar-refractivity contribution in [1.82, 2.24) is 4.90 Å². The zero-order chi connectivity index (χ0) is 19.4. The smallest absolute Gasteiger partial charge is 0.226 e. The van der Waals surface area contributed by atoms with Gasteiger partial charge in [0.2, 0.25) is 5.91 Å². The Labute approximate surface area is 163 Å². The van der Waals surface area contributed by atoms with E-state index < -0.39 is 0 Å². The van der Waals surface area contributed by atoms with E-state index in [0.717, 1.165) is 44.1 Å². The molecule has 27 heavy (non-hydrogen) atoms. The summed E-state index contributed by atoms with van der Waals surface area (Å²) in [6.07, 6.45) is 5.76. The summed E-state index contributed by atoms with van der Waals surface area (Å²) < 4.78 is 0. The predicted molar refractivity (Wildman–Crippen MR) is 109 cm³/mol. The zero-order valence-electron chi connectivity index (χ0n) is 16.8. The average Bonchev–Trinajstić information content (AvgIpc) is 3.16. The summed E-state index contributed by atoms with van der Waals surface area (Å²) in [6, 6.07) is 8.11. The quantitative estimate of drug-likeness (QED) is 0.777. The Kier molecular flexibility index (Phi) is 6.69. The molecule has 0 aromatic heterocycles. The summed E-state index contributed by atoms with van der Waals surface area (Å²) in [5.74, 6) is 1.62. The van der Waals surface area contributed by atoms with Gasteiger partial charge in [0.1, 0.15) is 0 Å². The van der Waals surface area contributed by atoms with Crippen molar-refractivity contribution in [3.63, 3.8) is 0 Å². The van der Waals surface area contributed by atoms with Gasteiger partial charge >= 0.3 is 0 Å². The van der Waals surface area contributed by atoms with E-state index in [1.54, 1.807) is 0 Å². The molecule has 1 saturated heterocycles. The monoisotopic (exact) mass is 370 g/mol. The first-order valence-corrected chi connectivity index (χ1v) is 10.6. The van der Waals surface area contributed by atoms with Crippen LogP contribution in [0.2, 0.25) is 0 Å². The Morgan fingerprint density at radius 2 is 1.74 bits per heavy atom. The predicted octanol–water partition coefficient (Wildman–Crippen LogP) is 3.68. The largest absolute Gasteiger partial charge is 0.342 e. The number of likely N-dealkylation sites (tertiary alicyclic amines) is 1. The number of nitrogens with two attached hydrogens (primary N) is 1. The molecule has 2 fully saturated rings. The number of Topliss-reactive ketones (excluding diaryl/α,β-unsaturated/α-hetero) is 1. The van der Waals surface area contributed by atoms with E-state index in [1.807, 2.05) is 17.0 Å². The van der Waals surface area contributed by atoms with Crippen molar-refractivity contribution in [3.05, 3.63) is 35.4 Å². The number of rotatable bonds is 6. The molecule has 2 atom stereocenters. The highest BCUT2D eigenvalue weighted by atomic mass is 16.2. The van der Waals surface area contributed by atoms with Crippen LogP contribution < -0.4 is 5.73 Å². The normalized spacial score (nSPS) is 23.8. The van der Waals surface area contributed by atoms with Crippen molar-refractivity contribution < 1.29 is 9.59 Å². The van der Waals surface area contributed by atoms with Gasteiger partial charge in [0.25, 0.3) is 0 Å². The van der Waals surface area contributed by atoms with Crippen LogP contribution >= 0.6 is 0 Å². The number of amides is 1. The summed E-state index contributed by atoms with van der Waals surface area (Å²) in [5, 5.41) is 0. The SMILES string of the molecule is CC(C)Cc1ccc(C(=O)C2CCN(C(=O)[C@@H]3CCC[C@@H]3CN)CC2)cc1. The summed E-state index contributed by atoms with van der Waals surface area (Å²) in [7, 11) is 0. The van der Waals surface area contributed by atoms with Gasteiger partial charge in [-0.25, -0.2) is 0 Å². The van der Waals surface area contributed by atoms with Gasteiger partial charge < -0.3 is 10.6 Å². The zero-order valence-corrected chi connectivity index (χ0v) is 16.8. The first-order valence-electron chi connectivity index (χ1n) is 10.6. The van der Waals surface area contributed by atoms with Crippen molar-refractivity contribution in [2.45, 2.75) is 52.4 Å². The van der Waals surface area contributed by atoms with Gasteiger partial charge in [-0.05, 0) is 56.0 Å². The second kappa shape index (κ2) is 9.01. The lowest BCUT2D eigenvalue weighted by Crippen LogP contribution is -2.44. The number of carbonyl (C=O) groups excluding carboxylic acids is 2.